The highest BCUT2D eigenvalue weighted by Gasteiger charge is 2.90. The van der Waals surface area contributed by atoms with Gasteiger partial charge in [-0.3, -0.25) is 4.79 Å². The number of rotatable bonds is 3. The molecule has 3 spiro atoms. The molecule has 9 atom stereocenters. The van der Waals surface area contributed by atoms with Gasteiger partial charge in [0, 0.05) is 18.3 Å². The number of carbonyl (C=O) groups is 1. The van der Waals surface area contributed by atoms with E-state index in [0.717, 1.165) is 37.9 Å². The molecule has 4 bridgehead atoms. The van der Waals surface area contributed by atoms with E-state index in [9.17, 15) is 9.90 Å². The first-order chi connectivity index (χ1) is 17.3. The number of ether oxygens (including phenoxy) is 5. The van der Waals surface area contributed by atoms with E-state index in [1.54, 1.807) is 0 Å². The molecule has 4 aliphatic heterocycles. The predicted molar refractivity (Wildman–Crippen MR) is 134 cm³/mol. The zero-order chi connectivity index (χ0) is 26.3. The smallest absolute Gasteiger partial charge is 0.213 e. The van der Waals surface area contributed by atoms with Gasteiger partial charge < -0.3 is 28.8 Å². The lowest BCUT2D eigenvalue weighted by Crippen LogP contribution is -2.87. The normalized spacial score (nSPS) is 50.5. The zero-order valence-electron chi connectivity index (χ0n) is 23.1. The molecule has 1 N–H and O–H groups in total. The van der Waals surface area contributed by atoms with Crippen LogP contribution in [0.4, 0.5) is 0 Å². The molecule has 204 valence electrons. The highest BCUT2D eigenvalue weighted by Crippen LogP contribution is 2.80. The van der Waals surface area contributed by atoms with E-state index in [1.165, 1.54) is 5.57 Å². The summed E-state index contributed by atoms with van der Waals surface area (Å²) in [6, 6.07) is 0. The molecule has 3 saturated heterocycles. The number of hydrogen-bond donors (Lipinski definition) is 1. The van der Waals surface area contributed by atoms with Crippen molar-refractivity contribution in [3.05, 3.63) is 23.5 Å². The van der Waals surface area contributed by atoms with Crippen LogP contribution in [-0.4, -0.2) is 54.2 Å². The summed E-state index contributed by atoms with van der Waals surface area (Å²) in [4.78, 5) is 14.4. The second kappa shape index (κ2) is 7.28. The molecule has 3 saturated carbocycles. The van der Waals surface area contributed by atoms with Crippen LogP contribution >= 0.6 is 0 Å². The van der Waals surface area contributed by atoms with Crippen LogP contribution in [0.1, 0.15) is 73.6 Å². The number of ketones is 1. The van der Waals surface area contributed by atoms with Crippen molar-refractivity contribution in [2.75, 3.05) is 13.2 Å². The molecular formula is C30H42O7. The molecule has 6 fully saturated rings. The quantitative estimate of drug-likeness (QED) is 0.556. The Morgan fingerprint density at radius 3 is 2.65 bits per heavy atom. The van der Waals surface area contributed by atoms with Gasteiger partial charge in [-0.2, -0.15) is 0 Å². The lowest BCUT2D eigenvalue weighted by Gasteiger charge is -2.77. The van der Waals surface area contributed by atoms with Crippen molar-refractivity contribution in [3.63, 3.8) is 0 Å². The van der Waals surface area contributed by atoms with Gasteiger partial charge in [-0.1, -0.05) is 34.3 Å². The van der Waals surface area contributed by atoms with Crippen LogP contribution in [0, 0.1) is 39.9 Å². The van der Waals surface area contributed by atoms with Gasteiger partial charge in [-0.15, -0.1) is 0 Å². The highest BCUT2D eigenvalue weighted by molar-refractivity contribution is 6.05. The molecule has 0 aromatic rings. The number of aliphatic hydroxyl groups is 1. The van der Waals surface area contributed by atoms with Gasteiger partial charge >= 0.3 is 0 Å². The maximum atomic E-state index is 14.4. The summed E-state index contributed by atoms with van der Waals surface area (Å²) in [7, 11) is 0. The third-order valence-corrected chi connectivity index (χ3v) is 10.8. The van der Waals surface area contributed by atoms with Gasteiger partial charge in [-0.05, 0) is 67.9 Å². The van der Waals surface area contributed by atoms with Crippen molar-refractivity contribution in [2.24, 2.45) is 39.9 Å². The zero-order valence-corrected chi connectivity index (χ0v) is 23.1. The molecule has 7 heteroatoms. The standard InChI is InChI=1S/C30H42O7/c1-15(2)13-33-20-11-8-17-12-26(4,5)21-23(32)30-29-19(28(21,14-34-30)24(17)35-20)10-9-18(16(3)22(29)31)25(29)36-27(6,7)37-30/h15,18-21,23,25,32H,3,8-14H2,1-2,4-7H3/t18-,19-,20+,21+,23-,25+,28-,29-,30+/m0/s1. The third-order valence-electron chi connectivity index (χ3n) is 10.8. The van der Waals surface area contributed by atoms with Gasteiger partial charge in [0.2, 0.25) is 5.79 Å². The van der Waals surface area contributed by atoms with Crippen LogP contribution < -0.4 is 0 Å². The number of hydrogen-bond acceptors (Lipinski definition) is 7. The second-order valence-corrected chi connectivity index (χ2v) is 14.3. The van der Waals surface area contributed by atoms with Gasteiger partial charge in [0.1, 0.15) is 17.3 Å². The summed E-state index contributed by atoms with van der Waals surface area (Å²) in [5.41, 5.74) is -0.153. The number of allylic oxidation sites excluding steroid dienone is 1. The maximum absolute atomic E-state index is 14.4. The van der Waals surface area contributed by atoms with Crippen LogP contribution in [0.3, 0.4) is 0 Å². The fraction of sp³-hybridized carbons (Fsp3) is 0.833. The summed E-state index contributed by atoms with van der Waals surface area (Å²) in [6.07, 6.45) is 2.41. The molecule has 8 rings (SSSR count). The number of fused-ring (bicyclic) bond motifs is 1. The first-order valence-corrected chi connectivity index (χ1v) is 14.3. The molecular weight excluding hydrogens is 472 g/mol. The summed E-state index contributed by atoms with van der Waals surface area (Å²) >= 11 is 0. The first kappa shape index (κ1) is 24.8. The van der Waals surface area contributed by atoms with Gasteiger partial charge in [0.05, 0.1) is 24.7 Å². The fourth-order valence-electron chi connectivity index (χ4n) is 10.1. The number of aliphatic hydroxyl groups excluding tert-OH is 1. The average Bonchev–Trinajstić information content (AvgIpc) is 2.92. The van der Waals surface area contributed by atoms with E-state index in [4.69, 9.17) is 23.7 Å². The van der Waals surface area contributed by atoms with Crippen LogP contribution in [0.15, 0.2) is 23.5 Å². The first-order valence-electron chi connectivity index (χ1n) is 14.3. The Hall–Kier alpha value is -1.25. The van der Waals surface area contributed by atoms with Gasteiger partial charge in [0.15, 0.2) is 17.9 Å². The monoisotopic (exact) mass is 514 g/mol. The maximum Gasteiger partial charge on any atom is 0.213 e. The van der Waals surface area contributed by atoms with E-state index in [2.05, 4.69) is 34.3 Å². The SMILES string of the molecule is C=C1C(=O)[C@@]23[C@@H]4OC(C)(C)O[C@@]25OC[C@]2(C6=C(CC[C@H](OCC(C)C)O6)CC(C)(C)[C@H]2[C@@H]5O)[C@@H]3CC[C@@H]14. The molecule has 4 heterocycles. The van der Waals surface area contributed by atoms with Crippen LogP contribution in [0.25, 0.3) is 0 Å². The largest absolute Gasteiger partial charge is 0.469 e. The minimum absolute atomic E-state index is 0.0500. The lowest BCUT2D eigenvalue weighted by atomic mass is 9.36. The third kappa shape index (κ3) is 2.69. The van der Waals surface area contributed by atoms with Gasteiger partial charge in [-0.25, -0.2) is 0 Å². The van der Waals surface area contributed by atoms with Crippen LogP contribution in [0.5, 0.6) is 0 Å². The van der Waals surface area contributed by atoms with Crippen molar-refractivity contribution in [2.45, 2.75) is 104 Å². The van der Waals surface area contributed by atoms with E-state index < -0.39 is 34.6 Å². The van der Waals surface area contributed by atoms with Crippen LogP contribution in [-0.2, 0) is 28.5 Å². The average molecular weight is 515 g/mol. The molecule has 0 amide bonds. The van der Waals surface area contributed by atoms with Crippen LogP contribution in [0.2, 0.25) is 0 Å². The van der Waals surface area contributed by atoms with Crippen molar-refractivity contribution in [1.82, 2.24) is 0 Å². The molecule has 0 radical (unpaired) electrons. The molecule has 8 aliphatic rings. The molecule has 0 aromatic carbocycles. The Kier molecular flexibility index (Phi) is 4.87. The Balaban J connectivity index is 1.44. The van der Waals surface area contributed by atoms with E-state index in [-0.39, 0.29) is 35.2 Å². The Bertz CT molecular complexity index is 1110. The van der Waals surface area contributed by atoms with E-state index in [1.807, 2.05) is 13.8 Å². The minimum atomic E-state index is -1.47. The Morgan fingerprint density at radius 1 is 1.16 bits per heavy atom. The number of carbonyl (C=O) groups excluding carboxylic acids is 1. The second-order valence-electron chi connectivity index (χ2n) is 14.3. The van der Waals surface area contributed by atoms with Crippen molar-refractivity contribution in [3.8, 4) is 0 Å². The van der Waals surface area contributed by atoms with Crippen molar-refractivity contribution >= 4 is 5.78 Å². The molecule has 0 unspecified atom stereocenters. The lowest BCUT2D eigenvalue weighted by molar-refractivity contribution is -0.527. The fourth-order valence-corrected chi connectivity index (χ4v) is 10.1. The molecule has 4 aliphatic carbocycles. The summed E-state index contributed by atoms with van der Waals surface area (Å²) in [5.74, 6) is -1.63. The number of Topliss-reactive ketones (excluding diaryl/α,β-unsaturated/α-hetero) is 1. The topological polar surface area (TPSA) is 83.5 Å². The minimum Gasteiger partial charge on any atom is -0.469 e. The summed E-state index contributed by atoms with van der Waals surface area (Å²) in [5, 5.41) is 12.5. The van der Waals surface area contributed by atoms with E-state index >= 15 is 0 Å². The Labute approximate surface area is 219 Å². The molecule has 7 nitrogen and oxygen atoms in total. The van der Waals surface area contributed by atoms with E-state index in [0.29, 0.717) is 24.7 Å². The van der Waals surface area contributed by atoms with Crippen molar-refractivity contribution < 1.29 is 33.6 Å². The Morgan fingerprint density at radius 2 is 1.92 bits per heavy atom. The summed E-state index contributed by atoms with van der Waals surface area (Å²) < 4.78 is 33.0. The van der Waals surface area contributed by atoms with Gasteiger partial charge in [0.25, 0.3) is 0 Å². The molecule has 37 heavy (non-hydrogen) atoms. The predicted octanol–water partition coefficient (Wildman–Crippen LogP) is 4.49. The molecule has 0 aromatic heterocycles. The van der Waals surface area contributed by atoms with Crippen molar-refractivity contribution in [1.29, 1.82) is 0 Å². The highest BCUT2D eigenvalue weighted by atomic mass is 16.8. The summed E-state index contributed by atoms with van der Waals surface area (Å²) in [6.45, 7) is 17.7.